The van der Waals surface area contributed by atoms with Crippen LogP contribution >= 0.6 is 0 Å². The molecule has 3 N–H and O–H groups in total. The van der Waals surface area contributed by atoms with E-state index in [9.17, 15) is 14.3 Å². The average molecular weight is 408 g/mol. The van der Waals surface area contributed by atoms with Crippen LogP contribution in [0.4, 0.5) is 4.39 Å². The summed E-state index contributed by atoms with van der Waals surface area (Å²) in [5.41, 5.74) is 0.242. The Morgan fingerprint density at radius 1 is 1.17 bits per heavy atom. The van der Waals surface area contributed by atoms with Crippen LogP contribution < -0.4 is 15.4 Å². The fourth-order valence-corrected chi connectivity index (χ4v) is 3.06. The number of carbonyl (C=O) groups excluding carboxylic acids is 1. The summed E-state index contributed by atoms with van der Waals surface area (Å²) < 4.78 is 19.9. The molecular weight excluding hydrogens is 387 g/mol. The molecule has 0 radical (unpaired) electrons. The highest BCUT2D eigenvalue weighted by Crippen LogP contribution is 2.37. The van der Waals surface area contributed by atoms with E-state index in [1.165, 1.54) is 30.9 Å². The highest BCUT2D eigenvalue weighted by molar-refractivity contribution is 5.89. The highest BCUT2D eigenvalue weighted by atomic mass is 19.1. The monoisotopic (exact) mass is 408 g/mol. The lowest BCUT2D eigenvalue weighted by atomic mass is 10.1. The molecule has 1 fully saturated rings. The fourth-order valence-electron chi connectivity index (χ4n) is 3.06. The van der Waals surface area contributed by atoms with Crippen molar-refractivity contribution in [1.29, 1.82) is 0 Å². The van der Waals surface area contributed by atoms with Crippen LogP contribution in [0.25, 0.3) is 0 Å². The molecule has 2 aromatic carbocycles. The Balaban J connectivity index is 1.34. The molecule has 0 spiro atoms. The lowest BCUT2D eigenvalue weighted by Gasteiger charge is -2.21. The number of halogens is 1. The SMILES string of the molecule is O=C(NCc1ccc(Oc2ccccc2)c(F)c1)C1(NC(O)c2cncnc2)CC1. The summed E-state index contributed by atoms with van der Waals surface area (Å²) in [4.78, 5) is 20.3. The number of aliphatic hydroxyl groups excluding tert-OH is 1. The van der Waals surface area contributed by atoms with Crippen LogP contribution in [0.1, 0.15) is 30.2 Å². The number of carbonyl (C=O) groups is 1. The number of benzene rings is 2. The Bertz CT molecular complexity index is 1010. The van der Waals surface area contributed by atoms with Gasteiger partial charge in [0.2, 0.25) is 5.91 Å². The lowest BCUT2D eigenvalue weighted by molar-refractivity contribution is -0.125. The molecule has 1 heterocycles. The van der Waals surface area contributed by atoms with Gasteiger partial charge in [-0.05, 0) is 42.7 Å². The molecule has 154 valence electrons. The molecule has 1 atom stereocenters. The molecule has 3 aromatic rings. The molecule has 1 saturated carbocycles. The van der Waals surface area contributed by atoms with Crippen LogP contribution in [0.5, 0.6) is 11.5 Å². The molecule has 1 unspecified atom stereocenters. The van der Waals surface area contributed by atoms with Gasteiger partial charge in [-0.25, -0.2) is 14.4 Å². The summed E-state index contributed by atoms with van der Waals surface area (Å²) >= 11 is 0. The molecule has 4 rings (SSSR count). The van der Waals surface area contributed by atoms with Gasteiger partial charge in [0.05, 0.1) is 0 Å². The summed E-state index contributed by atoms with van der Waals surface area (Å²) in [7, 11) is 0. The predicted molar refractivity (Wildman–Crippen MR) is 107 cm³/mol. The van der Waals surface area contributed by atoms with Gasteiger partial charge in [-0.15, -0.1) is 0 Å². The molecule has 0 aliphatic heterocycles. The van der Waals surface area contributed by atoms with E-state index in [4.69, 9.17) is 4.74 Å². The Hall–Kier alpha value is -3.36. The van der Waals surface area contributed by atoms with Crippen molar-refractivity contribution in [2.45, 2.75) is 31.2 Å². The summed E-state index contributed by atoms with van der Waals surface area (Å²) in [6, 6.07) is 13.5. The minimum absolute atomic E-state index is 0.116. The first kappa shape index (κ1) is 19.9. The first-order chi connectivity index (χ1) is 14.6. The minimum atomic E-state index is -1.05. The quantitative estimate of drug-likeness (QED) is 0.496. The van der Waals surface area contributed by atoms with Gasteiger partial charge in [-0.1, -0.05) is 24.3 Å². The van der Waals surface area contributed by atoms with Crippen LogP contribution in [0.15, 0.2) is 67.3 Å². The van der Waals surface area contributed by atoms with E-state index in [1.54, 1.807) is 30.3 Å². The van der Waals surface area contributed by atoms with Crippen LogP contribution in [0.3, 0.4) is 0 Å². The number of nitrogens with one attached hydrogen (secondary N) is 2. The number of para-hydroxylation sites is 1. The van der Waals surface area contributed by atoms with E-state index < -0.39 is 17.6 Å². The zero-order chi connectivity index (χ0) is 21.0. The maximum Gasteiger partial charge on any atom is 0.240 e. The van der Waals surface area contributed by atoms with Crippen LogP contribution in [0.2, 0.25) is 0 Å². The first-order valence-electron chi connectivity index (χ1n) is 9.56. The van der Waals surface area contributed by atoms with Crippen molar-refractivity contribution < 1.29 is 19.0 Å². The number of hydrogen-bond acceptors (Lipinski definition) is 6. The average Bonchev–Trinajstić information content (AvgIpc) is 3.56. The number of amides is 1. The van der Waals surface area contributed by atoms with E-state index in [2.05, 4.69) is 20.6 Å². The summed E-state index contributed by atoms with van der Waals surface area (Å²) in [6.45, 7) is 0.162. The van der Waals surface area contributed by atoms with E-state index in [0.717, 1.165) is 0 Å². The van der Waals surface area contributed by atoms with Gasteiger partial charge in [-0.2, -0.15) is 0 Å². The number of ether oxygens (including phenoxy) is 1. The molecule has 1 aromatic heterocycles. The van der Waals surface area contributed by atoms with Gasteiger partial charge in [0.1, 0.15) is 23.8 Å². The Morgan fingerprint density at radius 2 is 1.90 bits per heavy atom. The molecule has 1 aliphatic carbocycles. The van der Waals surface area contributed by atoms with E-state index >= 15 is 0 Å². The van der Waals surface area contributed by atoms with Gasteiger partial charge < -0.3 is 15.2 Å². The topological polar surface area (TPSA) is 96.4 Å². The molecule has 8 heteroatoms. The second-order valence-corrected chi connectivity index (χ2v) is 7.16. The molecule has 1 amide bonds. The van der Waals surface area contributed by atoms with Gasteiger partial charge in [0.15, 0.2) is 11.6 Å². The number of hydrogen-bond donors (Lipinski definition) is 3. The largest absolute Gasteiger partial charge is 0.454 e. The second kappa shape index (κ2) is 8.56. The fraction of sp³-hybridized carbons (Fsp3) is 0.227. The molecule has 0 bridgehead atoms. The van der Waals surface area contributed by atoms with E-state index in [1.807, 2.05) is 6.07 Å². The van der Waals surface area contributed by atoms with Crippen molar-refractivity contribution in [3.63, 3.8) is 0 Å². The van der Waals surface area contributed by atoms with Crippen molar-refractivity contribution in [3.05, 3.63) is 84.2 Å². The third-order valence-corrected chi connectivity index (χ3v) is 4.91. The van der Waals surface area contributed by atoms with Gasteiger partial charge >= 0.3 is 0 Å². The third-order valence-electron chi connectivity index (χ3n) is 4.91. The van der Waals surface area contributed by atoms with Crippen molar-refractivity contribution in [3.8, 4) is 11.5 Å². The van der Waals surface area contributed by atoms with Gasteiger partial charge in [0, 0.05) is 24.5 Å². The minimum Gasteiger partial charge on any atom is -0.454 e. The maximum atomic E-state index is 14.4. The maximum absolute atomic E-state index is 14.4. The lowest BCUT2D eigenvalue weighted by Crippen LogP contribution is -2.47. The van der Waals surface area contributed by atoms with Gasteiger partial charge in [0.25, 0.3) is 0 Å². The molecule has 30 heavy (non-hydrogen) atoms. The molecule has 7 nitrogen and oxygen atoms in total. The highest BCUT2D eigenvalue weighted by Gasteiger charge is 2.50. The number of rotatable bonds is 8. The number of nitrogens with zero attached hydrogens (tertiary/aromatic N) is 2. The smallest absolute Gasteiger partial charge is 0.240 e. The van der Waals surface area contributed by atoms with Crippen molar-refractivity contribution in [1.82, 2.24) is 20.6 Å². The van der Waals surface area contributed by atoms with Gasteiger partial charge in [-0.3, -0.25) is 10.1 Å². The summed E-state index contributed by atoms with van der Waals surface area (Å²) in [5, 5.41) is 16.0. The standard InChI is InChI=1S/C22H21FN4O3/c23-18-10-15(6-7-19(18)30-17-4-2-1-3-5-17)11-26-21(29)22(8-9-22)27-20(28)16-12-24-14-25-13-16/h1-7,10,12-14,20,27-28H,8-9,11H2,(H,26,29). The van der Waals surface area contributed by atoms with E-state index in [0.29, 0.717) is 29.7 Å². The van der Waals surface area contributed by atoms with Crippen LogP contribution in [-0.4, -0.2) is 26.5 Å². The zero-order valence-electron chi connectivity index (χ0n) is 16.1. The summed E-state index contributed by atoms with van der Waals surface area (Å²) in [5.74, 6) is -0.0980. The Kier molecular flexibility index (Phi) is 5.69. The van der Waals surface area contributed by atoms with Crippen LogP contribution in [0, 0.1) is 5.82 Å². The first-order valence-corrected chi connectivity index (χ1v) is 9.56. The van der Waals surface area contributed by atoms with Crippen molar-refractivity contribution in [2.75, 3.05) is 0 Å². The summed E-state index contributed by atoms with van der Waals surface area (Å²) in [6.07, 6.45) is 4.49. The molecular formula is C22H21FN4O3. The molecule has 1 aliphatic rings. The van der Waals surface area contributed by atoms with E-state index in [-0.39, 0.29) is 18.2 Å². The zero-order valence-corrected chi connectivity index (χ0v) is 16.1. The Labute approximate surface area is 173 Å². The van der Waals surface area contributed by atoms with Crippen LogP contribution in [-0.2, 0) is 11.3 Å². The molecule has 0 saturated heterocycles. The Morgan fingerprint density at radius 3 is 2.57 bits per heavy atom. The normalized spacial score (nSPS) is 15.3. The number of aromatic nitrogens is 2. The third kappa shape index (κ3) is 4.61. The van der Waals surface area contributed by atoms with Crippen molar-refractivity contribution >= 4 is 5.91 Å². The predicted octanol–water partition coefficient (Wildman–Crippen LogP) is 2.84. The number of aliphatic hydroxyl groups is 1. The van der Waals surface area contributed by atoms with Crippen molar-refractivity contribution in [2.24, 2.45) is 0 Å². The second-order valence-electron chi connectivity index (χ2n) is 7.16.